The quantitative estimate of drug-likeness (QED) is 0.324. The van der Waals surface area contributed by atoms with Gasteiger partial charge >= 0.3 is 0 Å². The molecule has 0 saturated heterocycles. The van der Waals surface area contributed by atoms with E-state index in [1.54, 1.807) is 10.8 Å². The van der Waals surface area contributed by atoms with Crippen molar-refractivity contribution in [3.8, 4) is 5.69 Å². The number of nitrogen functional groups attached to an aromatic ring is 1. The number of anilines is 2. The monoisotopic (exact) mass is 506 g/mol. The lowest BCUT2D eigenvalue weighted by molar-refractivity contribution is 0.658. The lowest BCUT2D eigenvalue weighted by Gasteiger charge is -2.23. The average Bonchev–Trinajstić information content (AvgIpc) is 3.31. The zero-order valence-corrected chi connectivity index (χ0v) is 21.9. The van der Waals surface area contributed by atoms with E-state index >= 15 is 0 Å². The predicted octanol–water partition coefficient (Wildman–Crippen LogP) is 4.84. The summed E-state index contributed by atoms with van der Waals surface area (Å²) in [5.74, 6) is 2.11. The summed E-state index contributed by atoms with van der Waals surface area (Å²) in [5, 5.41) is 4.13. The third-order valence-electron chi connectivity index (χ3n) is 6.59. The molecule has 5 aromatic rings. The Morgan fingerprint density at radius 2 is 1.82 bits per heavy atom. The normalized spacial score (nSPS) is 12.3. The molecule has 1 unspecified atom stereocenters. The molecular weight excluding hydrogens is 476 g/mol. The van der Waals surface area contributed by atoms with Crippen molar-refractivity contribution in [1.29, 1.82) is 0 Å². The first kappa shape index (κ1) is 24.9. The van der Waals surface area contributed by atoms with Gasteiger partial charge in [-0.25, -0.2) is 15.0 Å². The van der Waals surface area contributed by atoms with E-state index in [2.05, 4.69) is 20.3 Å². The van der Waals surface area contributed by atoms with E-state index in [0.29, 0.717) is 29.0 Å². The van der Waals surface area contributed by atoms with Crippen LogP contribution >= 0.6 is 0 Å². The van der Waals surface area contributed by atoms with Crippen molar-refractivity contribution >= 4 is 34.8 Å². The van der Waals surface area contributed by atoms with Gasteiger partial charge in [-0.2, -0.15) is 4.98 Å². The zero-order chi connectivity index (χ0) is 26.8. The van der Waals surface area contributed by atoms with Crippen molar-refractivity contribution in [1.82, 2.24) is 29.1 Å². The summed E-state index contributed by atoms with van der Waals surface area (Å²) in [5.41, 5.74) is 9.76. The molecule has 3 heterocycles. The molecule has 3 N–H and O–H groups in total. The van der Waals surface area contributed by atoms with Crippen LogP contribution < -0.4 is 16.6 Å². The standard InChI is InChI=1S/C29H30N8O/c1-5-22(33-26-21(19(3)32-29(30)35-26)14-15-24-31-16-17-36(24)4)27-34-23-13-9-10-18(2)25(23)28(38)37(27)20-11-7-6-8-12-20/h6-17,22H,5H2,1-4H3,(H3,30,32,33,35). The molecule has 0 saturated carbocycles. The van der Waals surface area contributed by atoms with Gasteiger partial charge in [0.05, 0.1) is 28.3 Å². The Kier molecular flexibility index (Phi) is 6.74. The van der Waals surface area contributed by atoms with Crippen LogP contribution in [-0.4, -0.2) is 29.1 Å². The van der Waals surface area contributed by atoms with Gasteiger partial charge < -0.3 is 15.6 Å². The number of rotatable bonds is 7. The number of aromatic nitrogens is 6. The Hall–Kier alpha value is -4.79. The van der Waals surface area contributed by atoms with E-state index in [-0.39, 0.29) is 17.5 Å². The number of hydrogen-bond donors (Lipinski definition) is 2. The molecule has 0 aliphatic heterocycles. The summed E-state index contributed by atoms with van der Waals surface area (Å²) in [6.07, 6.45) is 8.10. The van der Waals surface area contributed by atoms with E-state index in [0.717, 1.165) is 28.3 Å². The van der Waals surface area contributed by atoms with Gasteiger partial charge in [-0.3, -0.25) is 9.36 Å². The third-order valence-corrected chi connectivity index (χ3v) is 6.59. The lowest BCUT2D eigenvalue weighted by Crippen LogP contribution is -2.29. The van der Waals surface area contributed by atoms with Crippen molar-refractivity contribution in [2.75, 3.05) is 11.1 Å². The molecule has 0 aliphatic carbocycles. The van der Waals surface area contributed by atoms with Gasteiger partial charge in [-0.1, -0.05) is 37.3 Å². The van der Waals surface area contributed by atoms with Crippen LogP contribution in [0.25, 0.3) is 28.7 Å². The molecule has 0 aliphatic rings. The lowest BCUT2D eigenvalue weighted by atomic mass is 10.1. The van der Waals surface area contributed by atoms with Crippen LogP contribution in [0.2, 0.25) is 0 Å². The molecule has 0 radical (unpaired) electrons. The Labute approximate surface area is 220 Å². The second kappa shape index (κ2) is 10.3. The van der Waals surface area contributed by atoms with Crippen LogP contribution in [0.3, 0.4) is 0 Å². The fourth-order valence-electron chi connectivity index (χ4n) is 4.60. The number of imidazole rings is 1. The highest BCUT2D eigenvalue weighted by Gasteiger charge is 2.22. The minimum absolute atomic E-state index is 0.108. The maximum atomic E-state index is 13.9. The fraction of sp³-hybridized carbons (Fsp3) is 0.207. The minimum Gasteiger partial charge on any atom is -0.368 e. The summed E-state index contributed by atoms with van der Waals surface area (Å²) in [7, 11) is 1.93. The van der Waals surface area contributed by atoms with Gasteiger partial charge in [-0.05, 0) is 56.2 Å². The van der Waals surface area contributed by atoms with Crippen molar-refractivity contribution in [3.63, 3.8) is 0 Å². The van der Waals surface area contributed by atoms with E-state index < -0.39 is 0 Å². The highest BCUT2D eigenvalue weighted by Crippen LogP contribution is 2.28. The Bertz CT molecular complexity index is 1700. The number of aryl methyl sites for hydroxylation is 3. The number of benzene rings is 2. The Morgan fingerprint density at radius 3 is 2.53 bits per heavy atom. The highest BCUT2D eigenvalue weighted by atomic mass is 16.1. The molecule has 9 heteroatoms. The molecule has 0 bridgehead atoms. The minimum atomic E-state index is -0.346. The first-order chi connectivity index (χ1) is 18.4. The van der Waals surface area contributed by atoms with Crippen LogP contribution in [-0.2, 0) is 7.05 Å². The number of nitrogens with zero attached hydrogens (tertiary/aromatic N) is 6. The van der Waals surface area contributed by atoms with Gasteiger partial charge in [0.2, 0.25) is 5.95 Å². The third kappa shape index (κ3) is 4.66. The maximum absolute atomic E-state index is 13.9. The number of para-hydroxylation sites is 1. The van der Waals surface area contributed by atoms with E-state index in [1.165, 1.54) is 0 Å². The summed E-state index contributed by atoms with van der Waals surface area (Å²) in [4.78, 5) is 32.2. The molecule has 0 fully saturated rings. The van der Waals surface area contributed by atoms with Crippen LogP contribution in [0, 0.1) is 13.8 Å². The van der Waals surface area contributed by atoms with Crippen molar-refractivity contribution in [3.05, 3.63) is 99.7 Å². The molecule has 9 nitrogen and oxygen atoms in total. The van der Waals surface area contributed by atoms with E-state index in [9.17, 15) is 4.79 Å². The van der Waals surface area contributed by atoms with Gasteiger partial charge in [-0.15, -0.1) is 0 Å². The van der Waals surface area contributed by atoms with Crippen molar-refractivity contribution < 1.29 is 0 Å². The maximum Gasteiger partial charge on any atom is 0.266 e. The van der Waals surface area contributed by atoms with Gasteiger partial charge in [0, 0.05) is 25.0 Å². The molecule has 5 rings (SSSR count). The van der Waals surface area contributed by atoms with E-state index in [4.69, 9.17) is 10.7 Å². The summed E-state index contributed by atoms with van der Waals surface area (Å²) in [6, 6.07) is 15.0. The molecule has 38 heavy (non-hydrogen) atoms. The molecule has 0 spiro atoms. The first-order valence-electron chi connectivity index (χ1n) is 12.5. The SMILES string of the molecule is CCC(Nc1nc(N)nc(C)c1C=Cc1nccn1C)c1nc2cccc(C)c2c(=O)n1-c1ccccc1. The summed E-state index contributed by atoms with van der Waals surface area (Å²) < 4.78 is 3.61. The van der Waals surface area contributed by atoms with Gasteiger partial charge in [0.1, 0.15) is 17.5 Å². The second-order valence-corrected chi connectivity index (χ2v) is 9.18. The molecule has 2 aromatic carbocycles. The molecule has 192 valence electrons. The Balaban J connectivity index is 1.67. The number of nitrogens with one attached hydrogen (secondary N) is 1. The highest BCUT2D eigenvalue weighted by molar-refractivity contribution is 5.81. The molecule has 0 amide bonds. The average molecular weight is 507 g/mol. The number of nitrogens with two attached hydrogens (primary N) is 1. The van der Waals surface area contributed by atoms with Crippen molar-refractivity contribution in [2.45, 2.75) is 33.2 Å². The second-order valence-electron chi connectivity index (χ2n) is 9.18. The van der Waals surface area contributed by atoms with Gasteiger partial charge in [0.25, 0.3) is 5.56 Å². The first-order valence-corrected chi connectivity index (χ1v) is 12.5. The van der Waals surface area contributed by atoms with Crippen LogP contribution in [0.4, 0.5) is 11.8 Å². The van der Waals surface area contributed by atoms with Gasteiger partial charge in [0.15, 0.2) is 0 Å². The molecule has 1 atom stereocenters. The Morgan fingerprint density at radius 1 is 1.03 bits per heavy atom. The predicted molar refractivity (Wildman–Crippen MR) is 152 cm³/mol. The zero-order valence-electron chi connectivity index (χ0n) is 21.9. The van der Waals surface area contributed by atoms with Crippen LogP contribution in [0.1, 0.15) is 47.9 Å². The summed E-state index contributed by atoms with van der Waals surface area (Å²) in [6.45, 7) is 5.86. The van der Waals surface area contributed by atoms with Crippen LogP contribution in [0.5, 0.6) is 0 Å². The van der Waals surface area contributed by atoms with Crippen molar-refractivity contribution in [2.24, 2.45) is 7.05 Å². The smallest absolute Gasteiger partial charge is 0.266 e. The molecule has 3 aromatic heterocycles. The topological polar surface area (TPSA) is 117 Å². The largest absolute Gasteiger partial charge is 0.368 e. The molecular formula is C29H30N8O. The summed E-state index contributed by atoms with van der Waals surface area (Å²) >= 11 is 0. The number of hydrogen-bond acceptors (Lipinski definition) is 7. The van der Waals surface area contributed by atoms with Crippen LogP contribution in [0.15, 0.2) is 65.7 Å². The fourth-order valence-corrected chi connectivity index (χ4v) is 4.60. The van der Waals surface area contributed by atoms with E-state index in [1.807, 2.05) is 99.3 Å². The number of fused-ring (bicyclic) bond motifs is 1.